The van der Waals surface area contributed by atoms with Gasteiger partial charge in [0.25, 0.3) is 0 Å². The van der Waals surface area contributed by atoms with Crippen molar-refractivity contribution in [3.8, 4) is 11.5 Å². The molecule has 0 aromatic heterocycles. The van der Waals surface area contributed by atoms with Gasteiger partial charge in [0.2, 0.25) is 0 Å². The number of ether oxygens (including phenoxy) is 1. The highest BCUT2D eigenvalue weighted by molar-refractivity contribution is 6.50. The second-order valence-corrected chi connectivity index (χ2v) is 4.78. The molecule has 1 nitrogen and oxygen atoms in total. The van der Waals surface area contributed by atoms with Crippen molar-refractivity contribution in [3.63, 3.8) is 0 Å². The number of rotatable bonds is 2. The summed E-state index contributed by atoms with van der Waals surface area (Å²) in [5, 5.41) is 1.03. The fraction of sp³-hybridized carbons (Fsp3) is 0. The molecule has 17 heavy (non-hydrogen) atoms. The van der Waals surface area contributed by atoms with Crippen LogP contribution in [0.25, 0.3) is 0 Å². The van der Waals surface area contributed by atoms with Gasteiger partial charge in [0, 0.05) is 0 Å². The van der Waals surface area contributed by atoms with Gasteiger partial charge in [-0.1, -0.05) is 64.6 Å². The highest BCUT2D eigenvalue weighted by Crippen LogP contribution is 2.44. The zero-order valence-corrected chi connectivity index (χ0v) is 11.4. The van der Waals surface area contributed by atoms with Crippen LogP contribution in [0.5, 0.6) is 11.5 Å². The molecule has 0 aliphatic rings. The SMILES string of the molecule is Clc1cc(Cl)c(Oc2ccccc2)c(Cl)c1Cl. The van der Waals surface area contributed by atoms with E-state index in [4.69, 9.17) is 51.1 Å². The van der Waals surface area contributed by atoms with Crippen LogP contribution in [0.1, 0.15) is 0 Å². The van der Waals surface area contributed by atoms with E-state index in [-0.39, 0.29) is 10.0 Å². The van der Waals surface area contributed by atoms with Crippen molar-refractivity contribution in [3.05, 3.63) is 56.5 Å². The Bertz CT molecular complexity index is 540. The summed E-state index contributed by atoms with van der Waals surface area (Å²) >= 11 is 23.8. The van der Waals surface area contributed by atoms with Crippen molar-refractivity contribution in [2.45, 2.75) is 0 Å². The lowest BCUT2D eigenvalue weighted by molar-refractivity contribution is 0.483. The van der Waals surface area contributed by atoms with Gasteiger partial charge in [-0.15, -0.1) is 0 Å². The first kappa shape index (κ1) is 12.8. The lowest BCUT2D eigenvalue weighted by Crippen LogP contribution is -1.87. The molecule has 0 spiro atoms. The van der Waals surface area contributed by atoms with Crippen LogP contribution in [0.15, 0.2) is 36.4 Å². The molecule has 0 radical (unpaired) electrons. The normalized spacial score (nSPS) is 10.4. The van der Waals surface area contributed by atoms with E-state index in [2.05, 4.69) is 0 Å². The van der Waals surface area contributed by atoms with Gasteiger partial charge in [-0.3, -0.25) is 0 Å². The maximum Gasteiger partial charge on any atom is 0.166 e. The number of benzene rings is 2. The molecule has 0 amide bonds. The van der Waals surface area contributed by atoms with Crippen molar-refractivity contribution in [2.75, 3.05) is 0 Å². The summed E-state index contributed by atoms with van der Waals surface area (Å²) in [5.74, 6) is 0.920. The minimum Gasteiger partial charge on any atom is -0.454 e. The minimum atomic E-state index is 0.202. The number of para-hydroxylation sites is 1. The van der Waals surface area contributed by atoms with Crippen LogP contribution >= 0.6 is 46.4 Å². The predicted molar refractivity (Wildman–Crippen MR) is 73.0 cm³/mol. The third-order valence-electron chi connectivity index (χ3n) is 2.04. The molecule has 0 bridgehead atoms. The van der Waals surface area contributed by atoms with Crippen LogP contribution in [0.4, 0.5) is 0 Å². The second kappa shape index (κ2) is 5.36. The molecule has 2 aromatic carbocycles. The molecule has 2 rings (SSSR count). The molecule has 88 valence electrons. The lowest BCUT2D eigenvalue weighted by Gasteiger charge is -2.11. The van der Waals surface area contributed by atoms with Crippen molar-refractivity contribution in [2.24, 2.45) is 0 Å². The molecule has 0 unspecified atom stereocenters. The van der Waals surface area contributed by atoms with E-state index < -0.39 is 0 Å². The molecule has 0 N–H and O–H groups in total. The van der Waals surface area contributed by atoms with E-state index >= 15 is 0 Å². The van der Waals surface area contributed by atoms with Crippen LogP contribution in [0.2, 0.25) is 20.1 Å². The first-order valence-electron chi connectivity index (χ1n) is 4.65. The van der Waals surface area contributed by atoms with E-state index in [1.807, 2.05) is 18.2 Å². The van der Waals surface area contributed by atoms with Gasteiger partial charge in [-0.25, -0.2) is 0 Å². The van der Waals surface area contributed by atoms with Crippen molar-refractivity contribution in [1.29, 1.82) is 0 Å². The molecule has 0 saturated carbocycles. The maximum absolute atomic E-state index is 6.03. The summed E-state index contributed by atoms with van der Waals surface area (Å²) in [6.45, 7) is 0. The van der Waals surface area contributed by atoms with Gasteiger partial charge in [0.15, 0.2) is 5.75 Å². The second-order valence-electron chi connectivity index (χ2n) is 3.21. The van der Waals surface area contributed by atoms with E-state index in [0.29, 0.717) is 21.5 Å². The Balaban J connectivity index is 2.43. The van der Waals surface area contributed by atoms with Crippen molar-refractivity contribution >= 4 is 46.4 Å². The molecule has 2 aromatic rings. The van der Waals surface area contributed by atoms with E-state index in [9.17, 15) is 0 Å². The molecular formula is C12H6Cl4O. The monoisotopic (exact) mass is 306 g/mol. The average Bonchev–Trinajstić information content (AvgIpc) is 2.33. The minimum absolute atomic E-state index is 0.202. The first-order chi connectivity index (χ1) is 8.09. The molecule has 0 aliphatic carbocycles. The molecule has 0 aliphatic heterocycles. The van der Waals surface area contributed by atoms with Gasteiger partial charge in [-0.05, 0) is 18.2 Å². The number of hydrogen-bond donors (Lipinski definition) is 0. The predicted octanol–water partition coefficient (Wildman–Crippen LogP) is 6.09. The van der Waals surface area contributed by atoms with Gasteiger partial charge < -0.3 is 4.74 Å². The molecule has 0 heterocycles. The first-order valence-corrected chi connectivity index (χ1v) is 6.16. The Hall–Kier alpha value is -0.600. The smallest absolute Gasteiger partial charge is 0.166 e. The fourth-order valence-corrected chi connectivity index (χ4v) is 2.23. The molecule has 0 saturated heterocycles. The van der Waals surface area contributed by atoms with E-state index in [1.54, 1.807) is 12.1 Å². The van der Waals surface area contributed by atoms with Gasteiger partial charge in [0.05, 0.1) is 15.1 Å². The van der Waals surface area contributed by atoms with Gasteiger partial charge in [0.1, 0.15) is 10.8 Å². The van der Waals surface area contributed by atoms with E-state index in [0.717, 1.165) is 0 Å². The van der Waals surface area contributed by atoms with Crippen LogP contribution in [-0.2, 0) is 0 Å². The zero-order valence-electron chi connectivity index (χ0n) is 8.38. The highest BCUT2D eigenvalue weighted by atomic mass is 35.5. The maximum atomic E-state index is 6.03. The molecule has 0 atom stereocenters. The Labute approximate surface area is 119 Å². The number of hydrogen-bond acceptors (Lipinski definition) is 1. The lowest BCUT2D eigenvalue weighted by atomic mass is 10.3. The standard InChI is InChI=1S/C12H6Cl4O/c13-8-6-9(14)12(11(16)10(8)15)17-7-4-2-1-3-5-7/h1-6H. The van der Waals surface area contributed by atoms with Crippen molar-refractivity contribution in [1.82, 2.24) is 0 Å². The number of halogens is 4. The molecule has 5 heteroatoms. The Morgan fingerprint density at radius 1 is 0.765 bits per heavy atom. The Morgan fingerprint density at radius 3 is 2.06 bits per heavy atom. The molecular weight excluding hydrogens is 302 g/mol. The average molecular weight is 308 g/mol. The quantitative estimate of drug-likeness (QED) is 0.481. The van der Waals surface area contributed by atoms with E-state index in [1.165, 1.54) is 6.07 Å². The Kier molecular flexibility index (Phi) is 4.05. The summed E-state index contributed by atoms with van der Waals surface area (Å²) in [7, 11) is 0. The third kappa shape index (κ3) is 2.80. The fourth-order valence-electron chi connectivity index (χ4n) is 1.25. The summed E-state index contributed by atoms with van der Waals surface area (Å²) in [6.07, 6.45) is 0. The Morgan fingerprint density at radius 2 is 1.41 bits per heavy atom. The molecule has 0 fully saturated rings. The topological polar surface area (TPSA) is 9.23 Å². The van der Waals surface area contributed by atoms with Crippen LogP contribution in [0, 0.1) is 0 Å². The summed E-state index contributed by atoms with van der Waals surface area (Å²) in [5.41, 5.74) is 0. The largest absolute Gasteiger partial charge is 0.454 e. The highest BCUT2D eigenvalue weighted by Gasteiger charge is 2.15. The third-order valence-corrected chi connectivity index (χ3v) is 3.56. The van der Waals surface area contributed by atoms with Crippen LogP contribution in [0.3, 0.4) is 0 Å². The van der Waals surface area contributed by atoms with Crippen LogP contribution in [-0.4, -0.2) is 0 Å². The summed E-state index contributed by atoms with van der Waals surface area (Å²) < 4.78 is 5.57. The van der Waals surface area contributed by atoms with Gasteiger partial charge in [-0.2, -0.15) is 0 Å². The van der Waals surface area contributed by atoms with Gasteiger partial charge >= 0.3 is 0 Å². The summed E-state index contributed by atoms with van der Waals surface area (Å²) in [6, 6.07) is 10.6. The van der Waals surface area contributed by atoms with Crippen molar-refractivity contribution < 1.29 is 4.74 Å². The summed E-state index contributed by atoms with van der Waals surface area (Å²) in [4.78, 5) is 0. The zero-order chi connectivity index (χ0) is 12.4. The van der Waals surface area contributed by atoms with Crippen LogP contribution < -0.4 is 4.74 Å².